The standard InChI is InChI=1S/C33H38Cl2N4O3/c1-21(2)37-16-18-38(19-17-37)33(40)39-31(24-8-12-26(35)13-9-24)30(23-6-10-25(34)11-7-23)36-32(39)28-15-14-27(41-5)20-29(28)42-22(3)4/h6-15,20-22,30-31H,16-19H2,1-5H3. The summed E-state index contributed by atoms with van der Waals surface area (Å²) in [5.41, 5.74) is 2.62. The number of methoxy groups -OCH3 is 1. The van der Waals surface area contributed by atoms with E-state index in [0.29, 0.717) is 46.5 Å². The Balaban J connectivity index is 1.66. The highest BCUT2D eigenvalue weighted by atomic mass is 35.5. The third-order valence-electron chi connectivity index (χ3n) is 7.80. The lowest BCUT2D eigenvalue weighted by Crippen LogP contribution is -2.55. The van der Waals surface area contributed by atoms with Gasteiger partial charge < -0.3 is 14.4 Å². The SMILES string of the molecule is COc1ccc(C2=NC(c3ccc(Cl)cc3)C(c3ccc(Cl)cc3)N2C(=O)N2CCN(C(C)C)CC2)c(OC(C)C)c1. The van der Waals surface area contributed by atoms with Crippen molar-refractivity contribution in [2.24, 2.45) is 4.99 Å². The van der Waals surface area contributed by atoms with E-state index >= 15 is 0 Å². The molecule has 2 unspecified atom stereocenters. The Labute approximate surface area is 258 Å². The van der Waals surface area contributed by atoms with Gasteiger partial charge in [-0.1, -0.05) is 47.5 Å². The minimum absolute atomic E-state index is 0.0834. The van der Waals surface area contributed by atoms with Crippen LogP contribution in [0.4, 0.5) is 4.79 Å². The fourth-order valence-corrected chi connectivity index (χ4v) is 5.85. The molecule has 0 aromatic heterocycles. The maximum Gasteiger partial charge on any atom is 0.326 e. The largest absolute Gasteiger partial charge is 0.497 e. The second-order valence-corrected chi connectivity index (χ2v) is 12.1. The highest BCUT2D eigenvalue weighted by Gasteiger charge is 2.45. The molecule has 0 saturated carbocycles. The monoisotopic (exact) mass is 608 g/mol. The number of nitrogens with zero attached hydrogens (tertiary/aromatic N) is 4. The zero-order valence-corrected chi connectivity index (χ0v) is 26.3. The average Bonchev–Trinajstić information content (AvgIpc) is 3.37. The first-order valence-corrected chi connectivity index (χ1v) is 15.2. The smallest absolute Gasteiger partial charge is 0.326 e. The van der Waals surface area contributed by atoms with E-state index in [1.54, 1.807) is 7.11 Å². The number of hydrogen-bond donors (Lipinski definition) is 0. The molecule has 2 amide bonds. The molecule has 0 aliphatic carbocycles. The van der Waals surface area contributed by atoms with Crippen LogP contribution in [0.1, 0.15) is 56.5 Å². The Kier molecular flexibility index (Phi) is 9.31. The Morgan fingerprint density at radius 2 is 1.45 bits per heavy atom. The van der Waals surface area contributed by atoms with E-state index in [4.69, 9.17) is 37.7 Å². The summed E-state index contributed by atoms with van der Waals surface area (Å²) in [7, 11) is 1.63. The van der Waals surface area contributed by atoms with Crippen molar-refractivity contribution >= 4 is 35.1 Å². The molecular formula is C33H38Cl2N4O3. The van der Waals surface area contributed by atoms with Gasteiger partial charge >= 0.3 is 6.03 Å². The number of halogens is 2. The van der Waals surface area contributed by atoms with E-state index in [1.165, 1.54) is 0 Å². The molecule has 0 radical (unpaired) electrons. The van der Waals surface area contributed by atoms with Crippen molar-refractivity contribution in [3.05, 3.63) is 93.5 Å². The van der Waals surface area contributed by atoms with Gasteiger partial charge in [0.25, 0.3) is 0 Å². The number of rotatable bonds is 7. The van der Waals surface area contributed by atoms with Gasteiger partial charge in [-0.15, -0.1) is 0 Å². The van der Waals surface area contributed by atoms with Gasteiger partial charge in [-0.2, -0.15) is 0 Å². The summed E-state index contributed by atoms with van der Waals surface area (Å²) < 4.78 is 11.8. The second-order valence-electron chi connectivity index (χ2n) is 11.2. The highest BCUT2D eigenvalue weighted by molar-refractivity contribution is 6.30. The van der Waals surface area contributed by atoms with Crippen LogP contribution >= 0.6 is 23.2 Å². The maximum atomic E-state index is 14.6. The summed E-state index contributed by atoms with van der Waals surface area (Å²) in [5, 5.41) is 1.27. The van der Waals surface area contributed by atoms with E-state index < -0.39 is 6.04 Å². The zero-order valence-electron chi connectivity index (χ0n) is 24.8. The molecule has 3 aromatic rings. The third-order valence-corrected chi connectivity index (χ3v) is 8.31. The molecule has 0 spiro atoms. The Hall–Kier alpha value is -3.26. The molecule has 0 bridgehead atoms. The number of ether oxygens (including phenoxy) is 2. The normalized spacial score (nSPS) is 19.4. The molecule has 5 rings (SSSR count). The maximum absolute atomic E-state index is 14.6. The van der Waals surface area contributed by atoms with Crippen molar-refractivity contribution in [1.29, 1.82) is 0 Å². The van der Waals surface area contributed by atoms with E-state index in [0.717, 1.165) is 29.8 Å². The zero-order chi connectivity index (χ0) is 30.0. The van der Waals surface area contributed by atoms with Crippen LogP contribution in [0.15, 0.2) is 71.7 Å². The minimum Gasteiger partial charge on any atom is -0.497 e. The van der Waals surface area contributed by atoms with E-state index in [2.05, 4.69) is 18.7 Å². The van der Waals surface area contributed by atoms with Gasteiger partial charge in [0.2, 0.25) is 0 Å². The molecule has 2 aliphatic heterocycles. The van der Waals surface area contributed by atoms with Crippen LogP contribution in [-0.4, -0.2) is 72.0 Å². The summed E-state index contributed by atoms with van der Waals surface area (Å²) in [5.74, 6) is 1.83. The molecule has 3 aromatic carbocycles. The van der Waals surface area contributed by atoms with Crippen LogP contribution in [0, 0.1) is 0 Å². The van der Waals surface area contributed by atoms with Crippen LogP contribution in [0.25, 0.3) is 0 Å². The average molecular weight is 610 g/mol. The van der Waals surface area contributed by atoms with Crippen molar-refractivity contribution in [1.82, 2.24) is 14.7 Å². The molecule has 2 heterocycles. The second kappa shape index (κ2) is 12.9. The van der Waals surface area contributed by atoms with Gasteiger partial charge in [-0.3, -0.25) is 14.8 Å². The van der Waals surface area contributed by atoms with Gasteiger partial charge in [0.05, 0.1) is 24.8 Å². The summed E-state index contributed by atoms with van der Waals surface area (Å²) in [4.78, 5) is 26.1. The van der Waals surface area contributed by atoms with Crippen LogP contribution in [0.3, 0.4) is 0 Å². The van der Waals surface area contributed by atoms with E-state index in [9.17, 15) is 4.79 Å². The Morgan fingerprint density at radius 1 is 0.857 bits per heavy atom. The van der Waals surface area contributed by atoms with E-state index in [1.807, 2.05) is 90.4 Å². The third kappa shape index (κ3) is 6.38. The summed E-state index contributed by atoms with van der Waals surface area (Å²) in [6, 6.07) is 20.6. The molecule has 222 valence electrons. The number of carbonyl (C=O) groups excluding carboxylic acids is 1. The number of amides is 2. The number of aliphatic imine (C=N–C) groups is 1. The molecule has 42 heavy (non-hydrogen) atoms. The lowest BCUT2D eigenvalue weighted by molar-refractivity contribution is 0.104. The van der Waals surface area contributed by atoms with Crippen molar-refractivity contribution < 1.29 is 14.3 Å². The fraction of sp³-hybridized carbons (Fsp3) is 0.394. The van der Waals surface area contributed by atoms with Gasteiger partial charge in [0.1, 0.15) is 23.4 Å². The lowest BCUT2D eigenvalue weighted by Gasteiger charge is -2.40. The number of benzene rings is 3. The first kappa shape index (κ1) is 30.2. The number of piperazine rings is 1. The number of urea groups is 1. The quantitative estimate of drug-likeness (QED) is 0.279. The molecular weight excluding hydrogens is 571 g/mol. The predicted molar refractivity (Wildman–Crippen MR) is 169 cm³/mol. The topological polar surface area (TPSA) is 57.6 Å². The van der Waals surface area contributed by atoms with Gasteiger partial charge in [0, 0.05) is 48.3 Å². The molecule has 0 N–H and O–H groups in total. The van der Waals surface area contributed by atoms with Crippen LogP contribution < -0.4 is 9.47 Å². The van der Waals surface area contributed by atoms with E-state index in [-0.39, 0.29) is 18.2 Å². The van der Waals surface area contributed by atoms with Crippen molar-refractivity contribution in [3.8, 4) is 11.5 Å². The summed E-state index contributed by atoms with van der Waals surface area (Å²) in [6.45, 7) is 11.2. The highest BCUT2D eigenvalue weighted by Crippen LogP contribution is 2.46. The first-order valence-electron chi connectivity index (χ1n) is 14.4. The van der Waals surface area contributed by atoms with Gasteiger partial charge in [0.15, 0.2) is 0 Å². The van der Waals surface area contributed by atoms with Crippen molar-refractivity contribution in [3.63, 3.8) is 0 Å². The van der Waals surface area contributed by atoms with Crippen LogP contribution in [0.2, 0.25) is 10.0 Å². The molecule has 9 heteroatoms. The number of amidine groups is 1. The number of carbonyl (C=O) groups is 1. The number of hydrogen-bond acceptors (Lipinski definition) is 5. The van der Waals surface area contributed by atoms with Gasteiger partial charge in [-0.25, -0.2) is 4.79 Å². The molecule has 7 nitrogen and oxygen atoms in total. The molecule has 2 aliphatic rings. The molecule has 2 atom stereocenters. The van der Waals surface area contributed by atoms with Crippen molar-refractivity contribution in [2.45, 2.75) is 51.9 Å². The van der Waals surface area contributed by atoms with Gasteiger partial charge in [-0.05, 0) is 75.2 Å². The molecule has 1 saturated heterocycles. The first-order chi connectivity index (χ1) is 20.2. The summed E-state index contributed by atoms with van der Waals surface area (Å²) in [6.07, 6.45) is -0.0924. The summed E-state index contributed by atoms with van der Waals surface area (Å²) >= 11 is 12.6. The lowest BCUT2D eigenvalue weighted by atomic mass is 9.93. The van der Waals surface area contributed by atoms with Crippen LogP contribution in [0.5, 0.6) is 11.5 Å². The Morgan fingerprint density at radius 3 is 2.00 bits per heavy atom. The minimum atomic E-state index is -0.414. The van der Waals surface area contributed by atoms with Crippen LogP contribution in [-0.2, 0) is 0 Å². The molecule has 1 fully saturated rings. The Bertz CT molecular complexity index is 1420. The predicted octanol–water partition coefficient (Wildman–Crippen LogP) is 7.48. The van der Waals surface area contributed by atoms with Crippen molar-refractivity contribution in [2.75, 3.05) is 33.3 Å². The fourth-order valence-electron chi connectivity index (χ4n) is 5.60.